The van der Waals surface area contributed by atoms with Crippen molar-refractivity contribution in [3.63, 3.8) is 0 Å². The Labute approximate surface area is 419 Å². The van der Waals surface area contributed by atoms with E-state index in [1.165, 1.54) is 79.6 Å². The van der Waals surface area contributed by atoms with Crippen molar-refractivity contribution in [3.05, 3.63) is 226 Å². The first kappa shape index (κ1) is 53.9. The van der Waals surface area contributed by atoms with Crippen LogP contribution in [0.2, 0.25) is 0 Å². The molecule has 0 saturated heterocycles. The normalized spacial score (nSPS) is 11.9. The minimum absolute atomic E-state index is 0. The van der Waals surface area contributed by atoms with E-state index in [-0.39, 0.29) is 50.6 Å². The van der Waals surface area contributed by atoms with Crippen LogP contribution in [0.25, 0.3) is 11.4 Å². The summed E-state index contributed by atoms with van der Waals surface area (Å²) in [5, 5.41) is 29.5. The Bertz CT molecular complexity index is 2690. The number of para-hydroxylation sites is 2. The Hall–Kier alpha value is -6.04. The van der Waals surface area contributed by atoms with Gasteiger partial charge in [-0.1, -0.05) is 111 Å². The van der Waals surface area contributed by atoms with Gasteiger partial charge >= 0.3 is 24.3 Å². The molecule has 6 aromatic carbocycles. The molecule has 0 spiro atoms. The number of aromatic nitrogens is 2. The van der Waals surface area contributed by atoms with Gasteiger partial charge in [0.1, 0.15) is 47.7 Å². The van der Waals surface area contributed by atoms with Crippen molar-refractivity contribution in [1.29, 1.82) is 0 Å². The first-order valence-electron chi connectivity index (χ1n) is 20.7. The molecule has 8 aromatic rings. The first-order valence-corrected chi connectivity index (χ1v) is 24.8. The van der Waals surface area contributed by atoms with Gasteiger partial charge in [0.15, 0.2) is 11.5 Å². The molecule has 0 aliphatic carbocycles. The maximum absolute atomic E-state index is 10.6. The SMILES string of the molecule is CC1(C)c2cccc([PH+](c3ccccc3)c3ccccc3)c2Oc2c([PH+](c3ccccc3)c3ccccc3)cccc21.ClCCl.F[B-](F)(F)F.O=[N+]([O-])c1ccnc(-c2cc([N+](=O)[O-])ccn2)c1.[Cu+]. The van der Waals surface area contributed by atoms with Crippen LogP contribution in [0.5, 0.6) is 11.5 Å². The topological polar surface area (TPSA) is 121 Å². The zero-order valence-electron chi connectivity index (χ0n) is 36.7. The van der Waals surface area contributed by atoms with Crippen molar-refractivity contribution in [3.8, 4) is 22.9 Å². The number of fused-ring (bicyclic) bond motifs is 2. The molecule has 1 aliphatic heterocycles. The Morgan fingerprint density at radius 1 is 0.536 bits per heavy atom. The second kappa shape index (κ2) is 25.0. The summed E-state index contributed by atoms with van der Waals surface area (Å²) in [6.07, 6.45) is 2.52. The van der Waals surface area contributed by atoms with Gasteiger partial charge in [0.05, 0.1) is 26.6 Å². The molecule has 0 radical (unpaired) electrons. The molecule has 2 aromatic heterocycles. The van der Waals surface area contributed by atoms with Gasteiger partial charge in [-0.3, -0.25) is 30.2 Å². The third-order valence-electron chi connectivity index (χ3n) is 10.5. The van der Waals surface area contributed by atoms with Crippen molar-refractivity contribution >= 4 is 89.5 Å². The van der Waals surface area contributed by atoms with Crippen LogP contribution in [0.15, 0.2) is 194 Å². The first-order chi connectivity index (χ1) is 32.6. The summed E-state index contributed by atoms with van der Waals surface area (Å²) in [5.41, 5.74) is 2.44. The number of nitrogens with zero attached hydrogens (tertiary/aromatic N) is 4. The van der Waals surface area contributed by atoms with Gasteiger partial charge in [-0.15, -0.1) is 23.2 Å². The minimum atomic E-state index is -6.00. The summed E-state index contributed by atoms with van der Waals surface area (Å²) in [5.74, 6) is 2.07. The van der Waals surface area contributed by atoms with Gasteiger partial charge in [-0.25, -0.2) is 0 Å². The monoisotopic (exact) mass is 1060 g/mol. The number of hydrogen-bond acceptors (Lipinski definition) is 7. The van der Waals surface area contributed by atoms with E-state index in [1.807, 2.05) is 0 Å². The molecule has 3 heterocycles. The zero-order chi connectivity index (χ0) is 48.8. The van der Waals surface area contributed by atoms with E-state index in [4.69, 9.17) is 27.9 Å². The number of benzene rings is 6. The molecule has 69 heavy (non-hydrogen) atoms. The fraction of sp³-hybridized carbons (Fsp3) is 0.0800. The van der Waals surface area contributed by atoms with Crippen LogP contribution in [0, 0.1) is 20.2 Å². The standard InChI is InChI=1S/C39H32OP2.C10H6N4O4.CH2Cl2.BF4.Cu/c1-39(2)33-25-15-27-35(41(29-17-7-3-8-18-29)30-19-9-4-10-20-30)37(33)40-38-34(39)26-16-28-36(38)42(31-21-11-5-12-22-31)32-23-13-6-14-24-32;15-13(16)7-1-3-11-9(5-7)10-6-8(14(17)18)2-4-12-10;2-1-3;2-1(3,4)5;/h3-28H,1-2H3;1-6H;1H2;;/q;;;-1;+1/p+2. The summed E-state index contributed by atoms with van der Waals surface area (Å²) in [6, 6.07) is 62.4. The maximum atomic E-state index is 10.6. The van der Waals surface area contributed by atoms with E-state index in [0.717, 1.165) is 11.5 Å². The summed E-state index contributed by atoms with van der Waals surface area (Å²) >= 11 is 9.53. The van der Waals surface area contributed by atoms with Crippen molar-refractivity contribution in [2.75, 3.05) is 5.34 Å². The van der Waals surface area contributed by atoms with Crippen LogP contribution in [0.1, 0.15) is 25.0 Å². The molecule has 1 aliphatic rings. The molecule has 19 heteroatoms. The molecule has 0 atom stereocenters. The van der Waals surface area contributed by atoms with E-state index in [1.54, 1.807) is 0 Å². The Morgan fingerprint density at radius 3 is 1.10 bits per heavy atom. The summed E-state index contributed by atoms with van der Waals surface area (Å²) < 4.78 is 46.3. The van der Waals surface area contributed by atoms with Crippen molar-refractivity contribution < 1.29 is 48.9 Å². The van der Waals surface area contributed by atoms with Crippen LogP contribution < -0.4 is 36.6 Å². The van der Waals surface area contributed by atoms with Crippen LogP contribution in [-0.4, -0.2) is 32.4 Å². The smallest absolute Gasteiger partial charge is 0.448 e. The summed E-state index contributed by atoms with van der Waals surface area (Å²) in [7, 11) is -8.64. The zero-order valence-corrected chi connectivity index (χ0v) is 41.1. The molecule has 356 valence electrons. The van der Waals surface area contributed by atoms with Crippen molar-refractivity contribution in [2.24, 2.45) is 0 Å². The number of nitro groups is 2. The molecule has 0 bridgehead atoms. The quantitative estimate of drug-likeness (QED) is 0.0352. The predicted molar refractivity (Wildman–Crippen MR) is 273 cm³/mol. The van der Waals surface area contributed by atoms with Crippen LogP contribution in [0.4, 0.5) is 28.6 Å². The largest absolute Gasteiger partial charge is 1.00 e. The Kier molecular flexibility index (Phi) is 19.5. The van der Waals surface area contributed by atoms with Gasteiger partial charge < -0.3 is 22.0 Å². The molecular formula is C50H42BCl2CuF4N4O5P2+2. The molecule has 0 N–H and O–H groups in total. The average molecular weight is 1060 g/mol. The predicted octanol–water partition coefficient (Wildman–Crippen LogP) is 11.8. The van der Waals surface area contributed by atoms with Gasteiger partial charge in [0.25, 0.3) is 11.4 Å². The van der Waals surface area contributed by atoms with Crippen LogP contribution >= 0.6 is 39.0 Å². The van der Waals surface area contributed by atoms with E-state index in [2.05, 4.69) is 182 Å². The molecule has 0 saturated carbocycles. The van der Waals surface area contributed by atoms with E-state index in [9.17, 15) is 37.5 Å². The number of rotatable bonds is 9. The molecular weight excluding hydrogens is 1020 g/mol. The third-order valence-corrected chi connectivity index (χ3v) is 16.0. The molecule has 0 amide bonds. The summed E-state index contributed by atoms with van der Waals surface area (Å²) in [4.78, 5) is 27.9. The number of hydrogen-bond donors (Lipinski definition) is 0. The van der Waals surface area contributed by atoms with Crippen LogP contribution in [0.3, 0.4) is 0 Å². The summed E-state index contributed by atoms with van der Waals surface area (Å²) in [6.45, 7) is 4.71. The third kappa shape index (κ3) is 14.0. The van der Waals surface area contributed by atoms with Gasteiger partial charge in [0.2, 0.25) is 0 Å². The number of ether oxygens (including phenoxy) is 1. The maximum Gasteiger partial charge on any atom is 1.00 e. The minimum Gasteiger partial charge on any atom is -0.448 e. The van der Waals surface area contributed by atoms with Crippen molar-refractivity contribution in [1.82, 2.24) is 9.97 Å². The number of pyridine rings is 2. The van der Waals surface area contributed by atoms with E-state index in [0.29, 0.717) is 0 Å². The van der Waals surface area contributed by atoms with E-state index >= 15 is 0 Å². The van der Waals surface area contributed by atoms with Crippen molar-refractivity contribution in [2.45, 2.75) is 19.3 Å². The molecule has 9 rings (SSSR count). The molecule has 0 fully saturated rings. The van der Waals surface area contributed by atoms with Gasteiger partial charge in [-0.2, -0.15) is 0 Å². The molecule has 9 nitrogen and oxygen atoms in total. The average Bonchev–Trinajstić information content (AvgIpc) is 3.34. The number of halogens is 6. The fourth-order valence-electron chi connectivity index (χ4n) is 7.64. The van der Waals surface area contributed by atoms with Gasteiger partial charge in [0, 0.05) is 53.2 Å². The van der Waals surface area contributed by atoms with Crippen LogP contribution in [-0.2, 0) is 22.5 Å². The fourth-order valence-corrected chi connectivity index (χ4v) is 13.0. The Morgan fingerprint density at radius 2 is 0.826 bits per heavy atom. The Balaban J connectivity index is 0.000000273. The van der Waals surface area contributed by atoms with Gasteiger partial charge in [-0.05, 0) is 60.7 Å². The molecule has 0 unspecified atom stereocenters. The van der Waals surface area contributed by atoms with E-state index < -0.39 is 32.9 Å². The second-order valence-corrected chi connectivity index (χ2v) is 20.9. The second-order valence-electron chi connectivity index (χ2n) is 15.2. The number of alkyl halides is 2.